The number of nitrogens with zero attached hydrogens (tertiary/aromatic N) is 2. The molecule has 2 aromatic rings. The van der Waals surface area contributed by atoms with Crippen LogP contribution < -0.4 is 16.0 Å². The van der Waals surface area contributed by atoms with Gasteiger partial charge in [0.15, 0.2) is 17.4 Å². The number of nitrogens with one attached hydrogen (secondary N) is 1. The summed E-state index contributed by atoms with van der Waals surface area (Å²) in [5, 5.41) is 0. The van der Waals surface area contributed by atoms with Crippen molar-refractivity contribution in [1.29, 1.82) is 0 Å². The lowest BCUT2D eigenvalue weighted by molar-refractivity contribution is 0.285. The molecule has 0 spiro atoms. The van der Waals surface area contributed by atoms with E-state index >= 15 is 0 Å². The summed E-state index contributed by atoms with van der Waals surface area (Å²) < 4.78 is 19.4. The summed E-state index contributed by atoms with van der Waals surface area (Å²) in [6.07, 6.45) is 2.97. The Morgan fingerprint density at radius 2 is 2.17 bits per heavy atom. The molecular formula is C11H10BrFN4O. The van der Waals surface area contributed by atoms with Crippen LogP contribution in [0.5, 0.6) is 5.75 Å². The van der Waals surface area contributed by atoms with Gasteiger partial charge in [-0.1, -0.05) is 15.9 Å². The molecule has 1 aromatic carbocycles. The Bertz CT molecular complexity index is 535. The monoisotopic (exact) mass is 312 g/mol. The van der Waals surface area contributed by atoms with Crippen molar-refractivity contribution in [2.45, 2.75) is 6.61 Å². The second-order valence-corrected chi connectivity index (χ2v) is 4.32. The number of nitrogen functional groups attached to an aromatic ring is 1. The maximum absolute atomic E-state index is 13.4. The average Bonchev–Trinajstić information content (AvgIpc) is 2.40. The lowest BCUT2D eigenvalue weighted by atomic mass is 10.3. The van der Waals surface area contributed by atoms with E-state index in [0.29, 0.717) is 11.5 Å². The topological polar surface area (TPSA) is 73.1 Å². The van der Waals surface area contributed by atoms with E-state index in [1.807, 2.05) is 0 Å². The molecule has 1 aromatic heterocycles. The van der Waals surface area contributed by atoms with Crippen molar-refractivity contribution >= 4 is 21.7 Å². The zero-order valence-corrected chi connectivity index (χ0v) is 10.8. The molecule has 0 radical (unpaired) electrons. The fourth-order valence-electron chi connectivity index (χ4n) is 1.24. The SMILES string of the molecule is NNc1cnc(COc2cc(Br)ccc2F)cn1. The van der Waals surface area contributed by atoms with Gasteiger partial charge in [-0.15, -0.1) is 0 Å². The molecule has 0 saturated carbocycles. The molecule has 0 aliphatic rings. The fourth-order valence-corrected chi connectivity index (χ4v) is 1.58. The van der Waals surface area contributed by atoms with Gasteiger partial charge in [-0.2, -0.15) is 0 Å². The van der Waals surface area contributed by atoms with Gasteiger partial charge in [0.2, 0.25) is 0 Å². The highest BCUT2D eigenvalue weighted by atomic mass is 79.9. The van der Waals surface area contributed by atoms with Gasteiger partial charge in [0, 0.05) is 4.47 Å². The second kappa shape index (κ2) is 5.74. The van der Waals surface area contributed by atoms with Crippen LogP contribution in [0.25, 0.3) is 0 Å². The normalized spacial score (nSPS) is 10.2. The molecule has 0 fully saturated rings. The molecule has 0 saturated heterocycles. The van der Waals surface area contributed by atoms with Crippen LogP contribution in [0.15, 0.2) is 35.1 Å². The molecule has 0 unspecified atom stereocenters. The van der Waals surface area contributed by atoms with E-state index in [1.165, 1.54) is 18.5 Å². The first-order valence-electron chi connectivity index (χ1n) is 5.04. The molecule has 5 nitrogen and oxygen atoms in total. The Kier molecular flexibility index (Phi) is 4.06. The Labute approximate surface area is 111 Å². The molecule has 3 N–H and O–H groups in total. The molecular weight excluding hydrogens is 303 g/mol. The second-order valence-electron chi connectivity index (χ2n) is 3.40. The van der Waals surface area contributed by atoms with Crippen molar-refractivity contribution in [3.05, 3.63) is 46.6 Å². The molecule has 18 heavy (non-hydrogen) atoms. The van der Waals surface area contributed by atoms with Crippen molar-refractivity contribution in [2.75, 3.05) is 5.43 Å². The van der Waals surface area contributed by atoms with E-state index in [1.54, 1.807) is 12.1 Å². The molecule has 0 aliphatic carbocycles. The van der Waals surface area contributed by atoms with Gasteiger partial charge in [-0.25, -0.2) is 15.2 Å². The van der Waals surface area contributed by atoms with Crippen LogP contribution in [-0.4, -0.2) is 9.97 Å². The average molecular weight is 313 g/mol. The third-order valence-corrected chi connectivity index (χ3v) is 2.62. The maximum Gasteiger partial charge on any atom is 0.165 e. The number of hydrogen-bond donors (Lipinski definition) is 2. The number of aromatic nitrogens is 2. The van der Waals surface area contributed by atoms with Crippen LogP contribution in [0, 0.1) is 5.82 Å². The highest BCUT2D eigenvalue weighted by molar-refractivity contribution is 9.10. The maximum atomic E-state index is 13.4. The molecule has 2 rings (SSSR count). The highest BCUT2D eigenvalue weighted by Crippen LogP contribution is 2.22. The summed E-state index contributed by atoms with van der Waals surface area (Å²) >= 11 is 3.24. The predicted octanol–water partition coefficient (Wildman–Crippen LogP) is 2.24. The summed E-state index contributed by atoms with van der Waals surface area (Å²) in [5.41, 5.74) is 2.94. The lowest BCUT2D eigenvalue weighted by Crippen LogP contribution is -2.09. The molecule has 0 bridgehead atoms. The smallest absolute Gasteiger partial charge is 0.165 e. The van der Waals surface area contributed by atoms with Crippen molar-refractivity contribution in [3.63, 3.8) is 0 Å². The molecule has 1 heterocycles. The number of hydrogen-bond acceptors (Lipinski definition) is 5. The van der Waals surface area contributed by atoms with E-state index in [-0.39, 0.29) is 12.4 Å². The number of anilines is 1. The summed E-state index contributed by atoms with van der Waals surface area (Å²) in [6.45, 7) is 0.130. The van der Waals surface area contributed by atoms with Crippen LogP contribution in [0.2, 0.25) is 0 Å². The van der Waals surface area contributed by atoms with Gasteiger partial charge in [-0.3, -0.25) is 4.98 Å². The third-order valence-electron chi connectivity index (χ3n) is 2.12. The fraction of sp³-hybridized carbons (Fsp3) is 0.0909. The van der Waals surface area contributed by atoms with Crippen molar-refractivity contribution in [3.8, 4) is 5.75 Å². The number of nitrogens with two attached hydrogens (primary N) is 1. The van der Waals surface area contributed by atoms with Crippen LogP contribution in [0.3, 0.4) is 0 Å². The zero-order chi connectivity index (χ0) is 13.0. The summed E-state index contributed by atoms with van der Waals surface area (Å²) in [4.78, 5) is 8.02. The van der Waals surface area contributed by atoms with Gasteiger partial charge < -0.3 is 10.2 Å². The van der Waals surface area contributed by atoms with E-state index < -0.39 is 5.82 Å². The van der Waals surface area contributed by atoms with Crippen molar-refractivity contribution < 1.29 is 9.13 Å². The number of hydrazine groups is 1. The van der Waals surface area contributed by atoms with E-state index in [2.05, 4.69) is 31.3 Å². The molecule has 7 heteroatoms. The van der Waals surface area contributed by atoms with Gasteiger partial charge >= 0.3 is 0 Å². The minimum atomic E-state index is -0.425. The minimum Gasteiger partial charge on any atom is -0.484 e. The van der Waals surface area contributed by atoms with Crippen LogP contribution in [0.4, 0.5) is 10.2 Å². The molecule has 94 valence electrons. The number of halogens is 2. The van der Waals surface area contributed by atoms with Gasteiger partial charge in [-0.05, 0) is 18.2 Å². The Hall–Kier alpha value is -1.73. The highest BCUT2D eigenvalue weighted by Gasteiger charge is 2.05. The first-order chi connectivity index (χ1) is 8.69. The Morgan fingerprint density at radius 3 is 2.83 bits per heavy atom. The van der Waals surface area contributed by atoms with Crippen molar-refractivity contribution in [1.82, 2.24) is 9.97 Å². The van der Waals surface area contributed by atoms with Crippen LogP contribution >= 0.6 is 15.9 Å². The van der Waals surface area contributed by atoms with E-state index in [9.17, 15) is 4.39 Å². The first-order valence-corrected chi connectivity index (χ1v) is 5.83. The largest absolute Gasteiger partial charge is 0.484 e. The van der Waals surface area contributed by atoms with Crippen LogP contribution in [0.1, 0.15) is 5.69 Å². The van der Waals surface area contributed by atoms with E-state index in [4.69, 9.17) is 10.6 Å². The van der Waals surface area contributed by atoms with Gasteiger partial charge in [0.1, 0.15) is 6.61 Å². The Balaban J connectivity index is 2.04. The van der Waals surface area contributed by atoms with Gasteiger partial charge in [0.05, 0.1) is 18.1 Å². The van der Waals surface area contributed by atoms with Gasteiger partial charge in [0.25, 0.3) is 0 Å². The predicted molar refractivity (Wildman–Crippen MR) is 68.3 cm³/mol. The zero-order valence-electron chi connectivity index (χ0n) is 9.23. The first kappa shape index (κ1) is 12.7. The number of benzene rings is 1. The molecule has 0 aliphatic heterocycles. The standard InChI is InChI=1S/C11H10BrFN4O/c12-7-1-2-9(13)10(3-7)18-6-8-4-16-11(17-14)5-15-8/h1-5H,6,14H2,(H,16,17). The lowest BCUT2D eigenvalue weighted by Gasteiger charge is -2.07. The Morgan fingerprint density at radius 1 is 1.33 bits per heavy atom. The quantitative estimate of drug-likeness (QED) is 0.669. The number of ether oxygens (including phenoxy) is 1. The van der Waals surface area contributed by atoms with Crippen LogP contribution in [-0.2, 0) is 6.61 Å². The summed E-state index contributed by atoms with van der Waals surface area (Å²) in [7, 11) is 0. The third kappa shape index (κ3) is 3.14. The minimum absolute atomic E-state index is 0.130. The number of rotatable bonds is 4. The summed E-state index contributed by atoms with van der Waals surface area (Å²) in [5.74, 6) is 5.35. The van der Waals surface area contributed by atoms with Crippen molar-refractivity contribution in [2.24, 2.45) is 5.84 Å². The van der Waals surface area contributed by atoms with E-state index in [0.717, 1.165) is 4.47 Å². The molecule has 0 amide bonds. The molecule has 0 atom stereocenters. The summed E-state index contributed by atoms with van der Waals surface area (Å²) in [6, 6.07) is 4.48.